The maximum atomic E-state index is 5.94. The van der Waals surface area contributed by atoms with E-state index in [0.29, 0.717) is 24.2 Å². The van der Waals surface area contributed by atoms with E-state index in [1.165, 1.54) is 24.8 Å². The molecule has 3 rings (SSSR count). The molecule has 0 bridgehead atoms. The van der Waals surface area contributed by atoms with Crippen molar-refractivity contribution < 1.29 is 4.74 Å². The molecule has 1 saturated carbocycles. The van der Waals surface area contributed by atoms with Crippen LogP contribution in [-0.4, -0.2) is 43.3 Å². The van der Waals surface area contributed by atoms with E-state index in [4.69, 9.17) is 4.74 Å². The minimum Gasteiger partial charge on any atom is -0.375 e. The number of morpholine rings is 1. The number of likely N-dealkylation sites (N-methyl/N-ethyl adjacent to an activating group) is 1. The van der Waals surface area contributed by atoms with Gasteiger partial charge in [0.1, 0.15) is 0 Å². The fourth-order valence-electron chi connectivity index (χ4n) is 4.00. The quantitative estimate of drug-likeness (QED) is 0.913. The van der Waals surface area contributed by atoms with E-state index < -0.39 is 0 Å². The Bertz CT molecular complexity index is 422. The summed E-state index contributed by atoms with van der Waals surface area (Å²) in [6.45, 7) is 4.30. The lowest BCUT2D eigenvalue weighted by atomic mass is 9.96. The van der Waals surface area contributed by atoms with E-state index in [9.17, 15) is 0 Å². The van der Waals surface area contributed by atoms with Crippen molar-refractivity contribution in [1.29, 1.82) is 0 Å². The molecule has 4 unspecified atom stereocenters. The minimum absolute atomic E-state index is 0.385. The van der Waals surface area contributed by atoms with Crippen molar-refractivity contribution in [2.45, 2.75) is 50.4 Å². The standard InChI is InChI=1S/C17H26N2O/c1-13(17(18-2)14-7-4-3-5-8-14)19-11-12-20-16-10-6-9-15(16)19/h3-5,7-8,13,15-18H,6,9-12H2,1-2H3. The summed E-state index contributed by atoms with van der Waals surface area (Å²) in [6, 6.07) is 12.3. The van der Waals surface area contributed by atoms with Gasteiger partial charge in [-0.15, -0.1) is 0 Å². The first kappa shape index (κ1) is 14.1. The number of nitrogens with one attached hydrogen (secondary N) is 1. The van der Waals surface area contributed by atoms with E-state index in [0.717, 1.165) is 13.2 Å². The highest BCUT2D eigenvalue weighted by molar-refractivity contribution is 5.20. The van der Waals surface area contributed by atoms with Crippen molar-refractivity contribution in [2.75, 3.05) is 20.2 Å². The van der Waals surface area contributed by atoms with Crippen LogP contribution in [0.1, 0.15) is 37.8 Å². The molecule has 2 fully saturated rings. The first-order valence-corrected chi connectivity index (χ1v) is 7.91. The van der Waals surface area contributed by atoms with Crippen molar-refractivity contribution in [3.63, 3.8) is 0 Å². The number of hydrogen-bond acceptors (Lipinski definition) is 3. The molecule has 20 heavy (non-hydrogen) atoms. The van der Waals surface area contributed by atoms with Crippen LogP contribution >= 0.6 is 0 Å². The summed E-state index contributed by atoms with van der Waals surface area (Å²) in [5.41, 5.74) is 1.38. The number of nitrogens with zero attached hydrogens (tertiary/aromatic N) is 1. The number of rotatable bonds is 4. The lowest BCUT2D eigenvalue weighted by Gasteiger charge is -2.44. The molecule has 1 aromatic rings. The first-order valence-electron chi connectivity index (χ1n) is 7.91. The molecule has 110 valence electrons. The molecule has 0 aromatic heterocycles. The van der Waals surface area contributed by atoms with Crippen LogP contribution < -0.4 is 5.32 Å². The predicted octanol–water partition coefficient (Wildman–Crippen LogP) is 2.59. The van der Waals surface area contributed by atoms with E-state index in [2.05, 4.69) is 54.5 Å². The second-order valence-corrected chi connectivity index (χ2v) is 6.06. The SMILES string of the molecule is CNC(c1ccccc1)C(C)N1CCOC2CCCC21. The highest BCUT2D eigenvalue weighted by Crippen LogP contribution is 2.33. The Labute approximate surface area is 122 Å². The maximum absolute atomic E-state index is 5.94. The van der Waals surface area contributed by atoms with Crippen molar-refractivity contribution >= 4 is 0 Å². The average Bonchev–Trinajstić information content (AvgIpc) is 2.97. The molecule has 0 spiro atoms. The summed E-state index contributed by atoms with van der Waals surface area (Å²) in [7, 11) is 2.07. The Hall–Kier alpha value is -0.900. The Morgan fingerprint density at radius 3 is 2.80 bits per heavy atom. The summed E-state index contributed by atoms with van der Waals surface area (Å²) in [6.07, 6.45) is 4.32. The number of fused-ring (bicyclic) bond motifs is 1. The fourth-order valence-corrected chi connectivity index (χ4v) is 4.00. The molecular weight excluding hydrogens is 248 g/mol. The van der Waals surface area contributed by atoms with Gasteiger partial charge in [0, 0.05) is 24.7 Å². The number of benzene rings is 1. The van der Waals surface area contributed by atoms with Crippen LogP contribution in [-0.2, 0) is 4.74 Å². The van der Waals surface area contributed by atoms with Crippen LogP contribution in [0.4, 0.5) is 0 Å². The summed E-state index contributed by atoms with van der Waals surface area (Å²) in [4.78, 5) is 2.68. The van der Waals surface area contributed by atoms with Gasteiger partial charge in [0.15, 0.2) is 0 Å². The third kappa shape index (κ3) is 2.62. The topological polar surface area (TPSA) is 24.5 Å². The average molecular weight is 274 g/mol. The van der Waals surface area contributed by atoms with Crippen LogP contribution in [0.2, 0.25) is 0 Å². The van der Waals surface area contributed by atoms with Crippen molar-refractivity contribution in [3.8, 4) is 0 Å². The second-order valence-electron chi connectivity index (χ2n) is 6.06. The third-order valence-corrected chi connectivity index (χ3v) is 5.00. The van der Waals surface area contributed by atoms with E-state index >= 15 is 0 Å². The van der Waals surface area contributed by atoms with Gasteiger partial charge in [0.25, 0.3) is 0 Å². The first-order chi connectivity index (χ1) is 9.81. The third-order valence-electron chi connectivity index (χ3n) is 5.00. The van der Waals surface area contributed by atoms with Crippen LogP contribution in [0, 0.1) is 0 Å². The van der Waals surface area contributed by atoms with Gasteiger partial charge in [-0.2, -0.15) is 0 Å². The predicted molar refractivity (Wildman–Crippen MR) is 81.8 cm³/mol. The largest absolute Gasteiger partial charge is 0.375 e. The van der Waals surface area contributed by atoms with Crippen LogP contribution in [0.15, 0.2) is 30.3 Å². The number of hydrogen-bond donors (Lipinski definition) is 1. The second kappa shape index (κ2) is 6.25. The zero-order chi connectivity index (χ0) is 13.9. The summed E-state index contributed by atoms with van der Waals surface area (Å²) >= 11 is 0. The molecule has 0 radical (unpaired) electrons. The molecule has 2 aliphatic rings. The molecule has 3 nitrogen and oxygen atoms in total. The van der Waals surface area contributed by atoms with E-state index in [-0.39, 0.29) is 0 Å². The lowest BCUT2D eigenvalue weighted by molar-refractivity contribution is -0.0739. The van der Waals surface area contributed by atoms with Gasteiger partial charge in [0.05, 0.1) is 12.7 Å². The lowest BCUT2D eigenvalue weighted by Crippen LogP contribution is -2.55. The monoisotopic (exact) mass is 274 g/mol. The molecule has 3 heteroatoms. The van der Waals surface area contributed by atoms with Gasteiger partial charge in [-0.1, -0.05) is 30.3 Å². The highest BCUT2D eigenvalue weighted by atomic mass is 16.5. The highest BCUT2D eigenvalue weighted by Gasteiger charge is 2.39. The number of ether oxygens (including phenoxy) is 1. The minimum atomic E-state index is 0.385. The molecule has 1 N–H and O–H groups in total. The fraction of sp³-hybridized carbons (Fsp3) is 0.647. The molecule has 1 aliphatic heterocycles. The van der Waals surface area contributed by atoms with Crippen LogP contribution in [0.5, 0.6) is 0 Å². The molecule has 1 saturated heterocycles. The van der Waals surface area contributed by atoms with Gasteiger partial charge in [-0.25, -0.2) is 0 Å². The van der Waals surface area contributed by atoms with Gasteiger partial charge in [-0.3, -0.25) is 4.90 Å². The van der Waals surface area contributed by atoms with Crippen molar-refractivity contribution in [1.82, 2.24) is 10.2 Å². The van der Waals surface area contributed by atoms with Crippen molar-refractivity contribution in [3.05, 3.63) is 35.9 Å². The molecule has 1 heterocycles. The molecule has 1 aromatic carbocycles. The van der Waals surface area contributed by atoms with Crippen LogP contribution in [0.25, 0.3) is 0 Å². The zero-order valence-corrected chi connectivity index (χ0v) is 12.6. The van der Waals surface area contributed by atoms with E-state index in [1.54, 1.807) is 0 Å². The van der Waals surface area contributed by atoms with Gasteiger partial charge >= 0.3 is 0 Å². The van der Waals surface area contributed by atoms with Crippen LogP contribution in [0.3, 0.4) is 0 Å². The van der Waals surface area contributed by atoms with Gasteiger partial charge in [0.2, 0.25) is 0 Å². The molecular formula is C17H26N2O. The van der Waals surface area contributed by atoms with Gasteiger partial charge < -0.3 is 10.1 Å². The van der Waals surface area contributed by atoms with Crippen molar-refractivity contribution in [2.24, 2.45) is 0 Å². The summed E-state index contributed by atoms with van der Waals surface area (Å²) < 4.78 is 5.94. The Morgan fingerprint density at radius 2 is 2.05 bits per heavy atom. The smallest absolute Gasteiger partial charge is 0.0731 e. The normalized spacial score (nSPS) is 29.9. The molecule has 4 atom stereocenters. The zero-order valence-electron chi connectivity index (χ0n) is 12.6. The molecule has 1 aliphatic carbocycles. The Kier molecular flexibility index (Phi) is 4.39. The van der Waals surface area contributed by atoms with Gasteiger partial charge in [-0.05, 0) is 38.8 Å². The summed E-state index contributed by atoms with van der Waals surface area (Å²) in [5.74, 6) is 0. The van der Waals surface area contributed by atoms with E-state index in [1.807, 2.05) is 0 Å². The summed E-state index contributed by atoms with van der Waals surface area (Å²) in [5, 5.41) is 3.51. The molecule has 0 amide bonds. The Balaban J connectivity index is 1.77. The maximum Gasteiger partial charge on any atom is 0.0731 e. The Morgan fingerprint density at radius 1 is 1.25 bits per heavy atom.